The molecule has 9 nitrogen and oxygen atoms in total. The molecule has 1 aliphatic heterocycles. The summed E-state index contributed by atoms with van der Waals surface area (Å²) in [6, 6.07) is 14.8. The molecule has 3 aromatic rings. The summed E-state index contributed by atoms with van der Waals surface area (Å²) in [6.07, 6.45) is 2.70. The zero-order valence-electron chi connectivity index (χ0n) is 23.3. The molecule has 2 aromatic carbocycles. The minimum atomic E-state index is -0.380. The zero-order chi connectivity index (χ0) is 29.4. The maximum Gasteiger partial charge on any atom is 0.224 e. The number of fused-ring (bicyclic) bond motifs is 1. The van der Waals surface area contributed by atoms with E-state index in [1.165, 1.54) is 0 Å². The molecule has 0 fully saturated rings. The van der Waals surface area contributed by atoms with Crippen LogP contribution in [-0.2, 0) is 11.4 Å². The van der Waals surface area contributed by atoms with E-state index in [0.29, 0.717) is 46.8 Å². The summed E-state index contributed by atoms with van der Waals surface area (Å²) < 4.78 is 11.7. The van der Waals surface area contributed by atoms with E-state index in [9.17, 15) is 10.1 Å². The third kappa shape index (κ3) is 8.17. The van der Waals surface area contributed by atoms with E-state index in [-0.39, 0.29) is 24.5 Å². The summed E-state index contributed by atoms with van der Waals surface area (Å²) in [4.78, 5) is 19.0. The first-order chi connectivity index (χ1) is 19.8. The molecule has 2 atom stereocenters. The highest BCUT2D eigenvalue weighted by molar-refractivity contribution is 6.32. The van der Waals surface area contributed by atoms with Crippen molar-refractivity contribution < 1.29 is 14.3 Å². The Hall–Kier alpha value is -3.71. The molecule has 0 saturated heterocycles. The van der Waals surface area contributed by atoms with Crippen LogP contribution in [-0.4, -0.2) is 49.6 Å². The molecule has 2 heterocycles. The summed E-state index contributed by atoms with van der Waals surface area (Å²) in [5.41, 5.74) is 3.71. The van der Waals surface area contributed by atoms with Gasteiger partial charge >= 0.3 is 0 Å². The number of aromatic nitrogens is 1. The SMILES string of the molecule is CCOc1cc2c(cc1NC(=O)CCCN(C)C)C(Nc1ccc(OCc3ccc(Cl)cn3)c(Cl)c1)C(C#N)CN2. The maximum atomic E-state index is 12.7. The number of ether oxygens (including phenoxy) is 2. The van der Waals surface area contributed by atoms with E-state index in [4.69, 9.17) is 32.7 Å². The normalized spacial score (nSPS) is 15.8. The number of nitrogens with one attached hydrogen (secondary N) is 3. The molecule has 1 aromatic heterocycles. The smallest absolute Gasteiger partial charge is 0.224 e. The highest BCUT2D eigenvalue weighted by Gasteiger charge is 2.31. The number of hydrogen-bond acceptors (Lipinski definition) is 8. The monoisotopic (exact) mass is 596 g/mol. The predicted octanol–water partition coefficient (Wildman–Crippen LogP) is 6.36. The van der Waals surface area contributed by atoms with Crippen molar-refractivity contribution in [3.05, 3.63) is 70.0 Å². The van der Waals surface area contributed by atoms with Gasteiger partial charge in [-0.25, -0.2) is 0 Å². The van der Waals surface area contributed by atoms with Gasteiger partial charge in [-0.2, -0.15) is 5.26 Å². The van der Waals surface area contributed by atoms with Gasteiger partial charge in [-0.1, -0.05) is 23.2 Å². The Labute approximate surface area is 250 Å². The minimum absolute atomic E-state index is 0.0889. The third-order valence-electron chi connectivity index (χ3n) is 6.57. The average Bonchev–Trinajstić information content (AvgIpc) is 2.94. The van der Waals surface area contributed by atoms with Crippen LogP contribution in [0.5, 0.6) is 11.5 Å². The van der Waals surface area contributed by atoms with Gasteiger partial charge in [-0.3, -0.25) is 9.78 Å². The van der Waals surface area contributed by atoms with Gasteiger partial charge in [0.05, 0.1) is 46.1 Å². The third-order valence-corrected chi connectivity index (χ3v) is 7.09. The van der Waals surface area contributed by atoms with Gasteiger partial charge in [-0.15, -0.1) is 0 Å². The molecule has 0 bridgehead atoms. The fourth-order valence-electron chi connectivity index (χ4n) is 4.53. The first-order valence-corrected chi connectivity index (χ1v) is 14.2. The summed E-state index contributed by atoms with van der Waals surface area (Å²) in [7, 11) is 3.96. The minimum Gasteiger partial charge on any atom is -0.492 e. The average molecular weight is 598 g/mol. The first kappa shape index (κ1) is 30.3. The Morgan fingerprint density at radius 1 is 1.17 bits per heavy atom. The number of halogens is 2. The van der Waals surface area contributed by atoms with Gasteiger partial charge in [0.2, 0.25) is 5.91 Å². The summed E-state index contributed by atoms with van der Waals surface area (Å²) >= 11 is 12.5. The first-order valence-electron chi connectivity index (χ1n) is 13.5. The second-order valence-electron chi connectivity index (χ2n) is 9.96. The quantitative estimate of drug-likeness (QED) is 0.221. The zero-order valence-corrected chi connectivity index (χ0v) is 24.9. The Bertz CT molecular complexity index is 1390. The molecule has 0 radical (unpaired) electrons. The topological polar surface area (TPSA) is 112 Å². The Balaban J connectivity index is 1.54. The molecule has 0 spiro atoms. The van der Waals surface area contributed by atoms with Crippen molar-refractivity contribution in [2.45, 2.75) is 32.4 Å². The number of anilines is 3. The van der Waals surface area contributed by atoms with Crippen LogP contribution < -0.4 is 25.4 Å². The van der Waals surface area contributed by atoms with Crippen molar-refractivity contribution in [1.82, 2.24) is 9.88 Å². The molecule has 4 rings (SSSR count). The molecule has 1 amide bonds. The number of carbonyl (C=O) groups is 1. The van der Waals surface area contributed by atoms with Gasteiger partial charge in [0, 0.05) is 42.2 Å². The lowest BCUT2D eigenvalue weighted by atomic mass is 9.88. The number of hydrogen-bond donors (Lipinski definition) is 3. The number of carbonyl (C=O) groups excluding carboxylic acids is 1. The fraction of sp³-hybridized carbons (Fsp3) is 0.367. The second kappa shape index (κ2) is 14.3. The number of benzene rings is 2. The Morgan fingerprint density at radius 2 is 2.00 bits per heavy atom. The van der Waals surface area contributed by atoms with Gasteiger partial charge in [-0.05, 0) is 70.4 Å². The van der Waals surface area contributed by atoms with E-state index in [2.05, 4.69) is 27.0 Å². The van der Waals surface area contributed by atoms with Crippen LogP contribution in [0, 0.1) is 17.2 Å². The van der Waals surface area contributed by atoms with Gasteiger partial charge in [0.15, 0.2) is 0 Å². The lowest BCUT2D eigenvalue weighted by Gasteiger charge is -2.33. The van der Waals surface area contributed by atoms with Crippen molar-refractivity contribution >= 4 is 46.2 Å². The Morgan fingerprint density at radius 3 is 2.68 bits per heavy atom. The van der Waals surface area contributed by atoms with Crippen LogP contribution in [0.4, 0.5) is 17.1 Å². The van der Waals surface area contributed by atoms with Crippen LogP contribution in [0.1, 0.15) is 37.1 Å². The molecule has 0 saturated carbocycles. The molecule has 0 aliphatic carbocycles. The number of pyridine rings is 1. The molecule has 3 N–H and O–H groups in total. The van der Waals surface area contributed by atoms with Crippen molar-refractivity contribution in [2.75, 3.05) is 49.7 Å². The van der Waals surface area contributed by atoms with Crippen LogP contribution in [0.2, 0.25) is 10.0 Å². The van der Waals surface area contributed by atoms with Crippen LogP contribution in [0.25, 0.3) is 0 Å². The van der Waals surface area contributed by atoms with Crippen molar-refractivity contribution in [3.8, 4) is 17.6 Å². The molecule has 11 heteroatoms. The standard InChI is InChI=1S/C30H34Cl2N6O3/c1-4-40-28-14-25-23(13-26(28)37-29(39)6-5-11-38(2)3)30(19(15-33)16-35-25)36-21-9-10-27(24(32)12-21)41-18-22-8-7-20(31)17-34-22/h7-10,12-14,17,19,30,35-36H,4-6,11,16,18H2,1-3H3,(H,37,39). The van der Waals surface area contributed by atoms with E-state index >= 15 is 0 Å². The lowest BCUT2D eigenvalue weighted by Crippen LogP contribution is -2.31. The molecule has 2 unspecified atom stereocenters. The number of amides is 1. The number of nitriles is 1. The van der Waals surface area contributed by atoms with Gasteiger partial charge in [0.1, 0.15) is 18.1 Å². The summed E-state index contributed by atoms with van der Waals surface area (Å²) in [5, 5.41) is 20.8. The Kier molecular flexibility index (Phi) is 10.5. The molecule has 41 heavy (non-hydrogen) atoms. The number of rotatable bonds is 12. The predicted molar refractivity (Wildman–Crippen MR) is 163 cm³/mol. The van der Waals surface area contributed by atoms with Crippen LogP contribution >= 0.6 is 23.2 Å². The van der Waals surface area contributed by atoms with Crippen molar-refractivity contribution in [3.63, 3.8) is 0 Å². The molecular formula is C30H34Cl2N6O3. The number of nitrogens with zero attached hydrogens (tertiary/aromatic N) is 3. The largest absolute Gasteiger partial charge is 0.492 e. The molecular weight excluding hydrogens is 563 g/mol. The second-order valence-corrected chi connectivity index (χ2v) is 10.8. The molecule has 1 aliphatic rings. The van der Waals surface area contributed by atoms with E-state index < -0.39 is 0 Å². The maximum absolute atomic E-state index is 12.7. The van der Waals surface area contributed by atoms with Crippen LogP contribution in [0.3, 0.4) is 0 Å². The van der Waals surface area contributed by atoms with Crippen molar-refractivity contribution in [1.29, 1.82) is 5.26 Å². The van der Waals surface area contributed by atoms with Crippen LogP contribution in [0.15, 0.2) is 48.7 Å². The van der Waals surface area contributed by atoms with E-state index in [0.717, 1.165) is 35.6 Å². The van der Waals surface area contributed by atoms with Gasteiger partial charge in [0.25, 0.3) is 0 Å². The summed E-state index contributed by atoms with van der Waals surface area (Å²) in [6.45, 7) is 3.86. The summed E-state index contributed by atoms with van der Waals surface area (Å²) in [5.74, 6) is 0.620. The van der Waals surface area contributed by atoms with E-state index in [1.54, 1.807) is 30.5 Å². The van der Waals surface area contributed by atoms with Crippen molar-refractivity contribution in [2.24, 2.45) is 5.92 Å². The van der Waals surface area contributed by atoms with E-state index in [1.807, 2.05) is 44.1 Å². The van der Waals surface area contributed by atoms with Gasteiger partial charge < -0.3 is 30.3 Å². The highest BCUT2D eigenvalue weighted by atomic mass is 35.5. The highest BCUT2D eigenvalue weighted by Crippen LogP contribution is 2.42. The lowest BCUT2D eigenvalue weighted by molar-refractivity contribution is -0.116. The fourth-order valence-corrected chi connectivity index (χ4v) is 4.88. The molecule has 216 valence electrons.